The normalized spacial score (nSPS) is 12.3. The van der Waals surface area contributed by atoms with Crippen molar-refractivity contribution < 1.29 is 8.42 Å². The van der Waals surface area contributed by atoms with Crippen LogP contribution in [0.5, 0.6) is 0 Å². The van der Waals surface area contributed by atoms with E-state index >= 15 is 0 Å². The van der Waals surface area contributed by atoms with Crippen molar-refractivity contribution >= 4 is 52.9 Å². The molecule has 0 radical (unpaired) electrons. The Morgan fingerprint density at radius 1 is 0.538 bits per heavy atom. The van der Waals surface area contributed by atoms with E-state index in [1.165, 1.54) is 33.2 Å². The molecule has 5 aromatic rings. The van der Waals surface area contributed by atoms with Crippen molar-refractivity contribution in [1.82, 2.24) is 0 Å². The molecule has 26 heavy (non-hydrogen) atoms. The van der Waals surface area contributed by atoms with Gasteiger partial charge in [0.1, 0.15) is 0 Å². The second-order valence-corrected chi connectivity index (χ2v) is 8.82. The maximum Gasteiger partial charge on any atom is 0.175 e. The Morgan fingerprint density at radius 2 is 1.12 bits per heavy atom. The van der Waals surface area contributed by atoms with Crippen LogP contribution in [0.4, 0.5) is 0 Å². The third-order valence-electron chi connectivity index (χ3n) is 5.10. The van der Waals surface area contributed by atoms with Crippen LogP contribution in [0.1, 0.15) is 0 Å². The number of benzene rings is 5. The minimum Gasteiger partial charge on any atom is -0.224 e. The first kappa shape index (κ1) is 15.4. The monoisotopic (exact) mass is 356 g/mol. The summed E-state index contributed by atoms with van der Waals surface area (Å²) in [5.74, 6) is 0. The topological polar surface area (TPSA) is 34.1 Å². The molecule has 0 atom stereocenters. The van der Waals surface area contributed by atoms with Crippen molar-refractivity contribution in [2.45, 2.75) is 4.90 Å². The van der Waals surface area contributed by atoms with E-state index in [2.05, 4.69) is 54.6 Å². The van der Waals surface area contributed by atoms with Crippen LogP contribution in [0.3, 0.4) is 0 Å². The van der Waals surface area contributed by atoms with Gasteiger partial charge in [0.05, 0.1) is 4.90 Å². The Labute approximate surface area is 151 Å². The fourth-order valence-corrected chi connectivity index (χ4v) is 4.44. The van der Waals surface area contributed by atoms with E-state index in [1.807, 2.05) is 12.1 Å². The van der Waals surface area contributed by atoms with E-state index in [-0.39, 0.29) is 0 Å². The zero-order valence-electron chi connectivity index (χ0n) is 14.2. The van der Waals surface area contributed by atoms with Gasteiger partial charge in [-0.3, -0.25) is 0 Å². The minimum atomic E-state index is -3.21. The standard InChI is InChI=1S/C23H16O2S/c1-26(24,25)19-8-11-20-18(13-19)7-10-22-21(20)9-6-17-12-15-4-2-3-5-16(15)14-23(17)22/h2-14H,1H3. The first-order valence-corrected chi connectivity index (χ1v) is 10.4. The quantitative estimate of drug-likeness (QED) is 0.285. The van der Waals surface area contributed by atoms with E-state index in [9.17, 15) is 8.42 Å². The second-order valence-electron chi connectivity index (χ2n) is 6.80. The highest BCUT2D eigenvalue weighted by molar-refractivity contribution is 7.90. The van der Waals surface area contributed by atoms with Gasteiger partial charge < -0.3 is 0 Å². The lowest BCUT2D eigenvalue weighted by atomic mass is 9.95. The summed E-state index contributed by atoms with van der Waals surface area (Å²) < 4.78 is 23.7. The molecule has 5 aromatic carbocycles. The van der Waals surface area contributed by atoms with Crippen molar-refractivity contribution in [2.75, 3.05) is 6.26 Å². The molecule has 5 rings (SSSR count). The highest BCUT2D eigenvalue weighted by atomic mass is 32.2. The van der Waals surface area contributed by atoms with Gasteiger partial charge in [-0.2, -0.15) is 0 Å². The summed E-state index contributed by atoms with van der Waals surface area (Å²) in [6.07, 6.45) is 1.24. The van der Waals surface area contributed by atoms with Gasteiger partial charge in [0, 0.05) is 6.26 Å². The zero-order valence-corrected chi connectivity index (χ0v) is 15.0. The Kier molecular flexibility index (Phi) is 3.12. The minimum absolute atomic E-state index is 0.358. The van der Waals surface area contributed by atoms with Crippen molar-refractivity contribution in [1.29, 1.82) is 0 Å². The summed E-state index contributed by atoms with van der Waals surface area (Å²) in [5.41, 5.74) is 0. The molecule has 0 fully saturated rings. The third kappa shape index (κ3) is 2.28. The molecule has 0 saturated carbocycles. The molecule has 0 unspecified atom stereocenters. The maximum absolute atomic E-state index is 11.8. The molecule has 0 aliphatic heterocycles. The van der Waals surface area contributed by atoms with E-state index in [0.717, 1.165) is 16.2 Å². The summed E-state index contributed by atoms with van der Waals surface area (Å²) in [6, 6.07) is 26.6. The molecule has 126 valence electrons. The summed E-state index contributed by atoms with van der Waals surface area (Å²) in [5, 5.41) is 9.24. The van der Waals surface area contributed by atoms with E-state index in [4.69, 9.17) is 0 Å². The Balaban J connectivity index is 1.89. The van der Waals surface area contributed by atoms with E-state index in [1.54, 1.807) is 12.1 Å². The third-order valence-corrected chi connectivity index (χ3v) is 6.21. The van der Waals surface area contributed by atoms with Gasteiger partial charge in [0.15, 0.2) is 9.84 Å². The van der Waals surface area contributed by atoms with Crippen molar-refractivity contribution in [2.24, 2.45) is 0 Å². The molecule has 0 N–H and O–H groups in total. The molecule has 0 saturated heterocycles. The molecule has 0 aromatic heterocycles. The average Bonchev–Trinajstić information content (AvgIpc) is 2.64. The summed E-state index contributed by atoms with van der Waals surface area (Å²) in [4.78, 5) is 0.358. The van der Waals surface area contributed by atoms with Crippen LogP contribution >= 0.6 is 0 Å². The lowest BCUT2D eigenvalue weighted by Gasteiger charge is -2.10. The van der Waals surface area contributed by atoms with Crippen LogP contribution in [-0.2, 0) is 9.84 Å². The fraction of sp³-hybridized carbons (Fsp3) is 0.0435. The Bertz CT molecular complexity index is 1450. The van der Waals surface area contributed by atoms with E-state index < -0.39 is 9.84 Å². The molecule has 0 spiro atoms. The second kappa shape index (κ2) is 5.29. The van der Waals surface area contributed by atoms with Crippen molar-refractivity contribution in [3.05, 3.63) is 78.9 Å². The number of hydrogen-bond acceptors (Lipinski definition) is 2. The summed E-state index contributed by atoms with van der Waals surface area (Å²) in [6.45, 7) is 0. The number of hydrogen-bond donors (Lipinski definition) is 0. The number of fused-ring (bicyclic) bond motifs is 6. The lowest BCUT2D eigenvalue weighted by molar-refractivity contribution is 0.602. The Morgan fingerprint density at radius 3 is 1.81 bits per heavy atom. The van der Waals surface area contributed by atoms with Gasteiger partial charge in [0.25, 0.3) is 0 Å². The van der Waals surface area contributed by atoms with Gasteiger partial charge in [-0.15, -0.1) is 0 Å². The van der Waals surface area contributed by atoms with Crippen molar-refractivity contribution in [3.63, 3.8) is 0 Å². The molecule has 0 bridgehead atoms. The summed E-state index contributed by atoms with van der Waals surface area (Å²) in [7, 11) is -3.21. The molecule has 0 heterocycles. The average molecular weight is 356 g/mol. The molecular weight excluding hydrogens is 340 g/mol. The molecular formula is C23H16O2S. The summed E-state index contributed by atoms with van der Waals surface area (Å²) >= 11 is 0. The zero-order chi connectivity index (χ0) is 17.9. The van der Waals surface area contributed by atoms with Crippen LogP contribution in [0.2, 0.25) is 0 Å². The molecule has 0 aliphatic carbocycles. The SMILES string of the molecule is CS(=O)(=O)c1ccc2c(ccc3c4cc5ccccc5cc4ccc23)c1. The van der Waals surface area contributed by atoms with Gasteiger partial charge in [-0.25, -0.2) is 8.42 Å². The van der Waals surface area contributed by atoms with Gasteiger partial charge in [-0.1, -0.05) is 54.6 Å². The molecule has 3 heteroatoms. The smallest absolute Gasteiger partial charge is 0.175 e. The van der Waals surface area contributed by atoms with Gasteiger partial charge in [0.2, 0.25) is 0 Å². The van der Waals surface area contributed by atoms with Crippen LogP contribution in [0.15, 0.2) is 83.8 Å². The first-order chi connectivity index (χ1) is 12.5. The van der Waals surface area contributed by atoms with Gasteiger partial charge >= 0.3 is 0 Å². The first-order valence-electron chi connectivity index (χ1n) is 8.49. The highest BCUT2D eigenvalue weighted by Crippen LogP contribution is 2.34. The van der Waals surface area contributed by atoms with Crippen LogP contribution in [-0.4, -0.2) is 14.7 Å². The van der Waals surface area contributed by atoms with Crippen molar-refractivity contribution in [3.8, 4) is 0 Å². The van der Waals surface area contributed by atoms with E-state index in [0.29, 0.717) is 4.90 Å². The van der Waals surface area contributed by atoms with Crippen LogP contribution < -0.4 is 0 Å². The largest absolute Gasteiger partial charge is 0.224 e. The predicted octanol–water partition coefficient (Wildman–Crippen LogP) is 5.70. The number of sulfone groups is 1. The fourth-order valence-electron chi connectivity index (χ4n) is 3.78. The maximum atomic E-state index is 11.8. The lowest BCUT2D eigenvalue weighted by Crippen LogP contribution is -1.96. The van der Waals surface area contributed by atoms with Crippen LogP contribution in [0, 0.1) is 0 Å². The molecule has 2 nitrogen and oxygen atoms in total. The number of rotatable bonds is 1. The molecule has 0 amide bonds. The highest BCUT2D eigenvalue weighted by Gasteiger charge is 2.10. The predicted molar refractivity (Wildman–Crippen MR) is 110 cm³/mol. The van der Waals surface area contributed by atoms with Gasteiger partial charge in [-0.05, 0) is 67.4 Å². The van der Waals surface area contributed by atoms with Crippen LogP contribution in [0.25, 0.3) is 43.1 Å². The Hall–Kier alpha value is -2.91. The molecule has 0 aliphatic rings.